The Kier molecular flexibility index (Phi) is 2.78. The number of aromatic hydroxyl groups is 1. The summed E-state index contributed by atoms with van der Waals surface area (Å²) in [5.74, 6) is -1.54. The van der Waals surface area contributed by atoms with Gasteiger partial charge in [0.05, 0.1) is 5.02 Å². The summed E-state index contributed by atoms with van der Waals surface area (Å²) in [4.78, 5) is 10.6. The van der Waals surface area contributed by atoms with E-state index in [9.17, 15) is 9.90 Å². The van der Waals surface area contributed by atoms with Crippen molar-refractivity contribution < 1.29 is 15.0 Å². The molecule has 4 heteroatoms. The van der Waals surface area contributed by atoms with E-state index in [1.54, 1.807) is 6.07 Å². The number of rotatable bonds is 2. The maximum atomic E-state index is 10.6. The Morgan fingerprint density at radius 2 is 2.15 bits per heavy atom. The highest BCUT2D eigenvalue weighted by Crippen LogP contribution is 2.29. The van der Waals surface area contributed by atoms with Gasteiger partial charge in [-0.05, 0) is 24.1 Å². The fourth-order valence-corrected chi connectivity index (χ4v) is 1.26. The van der Waals surface area contributed by atoms with Crippen LogP contribution in [0, 0.1) is 0 Å². The van der Waals surface area contributed by atoms with Gasteiger partial charge in [-0.1, -0.05) is 18.5 Å². The molecular weight excluding hydrogens is 192 g/mol. The van der Waals surface area contributed by atoms with E-state index >= 15 is 0 Å². The number of benzene rings is 1. The monoisotopic (exact) mass is 200 g/mol. The van der Waals surface area contributed by atoms with E-state index in [1.807, 2.05) is 6.92 Å². The van der Waals surface area contributed by atoms with Gasteiger partial charge in [-0.15, -0.1) is 0 Å². The van der Waals surface area contributed by atoms with Crippen LogP contribution in [0.1, 0.15) is 22.8 Å². The quantitative estimate of drug-likeness (QED) is 0.770. The standard InChI is InChI=1S/C9H9ClO3/c1-2-5-3-6(9(12)13)8(11)7(10)4-5/h3-4,11H,2H2,1H3,(H,12,13). The van der Waals surface area contributed by atoms with Crippen LogP contribution in [0.4, 0.5) is 0 Å². The molecule has 0 heterocycles. The lowest BCUT2D eigenvalue weighted by atomic mass is 10.1. The Morgan fingerprint density at radius 1 is 1.54 bits per heavy atom. The molecule has 0 saturated carbocycles. The Balaban J connectivity index is 3.33. The lowest BCUT2D eigenvalue weighted by Gasteiger charge is -2.04. The van der Waals surface area contributed by atoms with Crippen LogP contribution in [0.15, 0.2) is 12.1 Å². The number of hydrogen-bond donors (Lipinski definition) is 2. The van der Waals surface area contributed by atoms with Crippen LogP contribution in [-0.4, -0.2) is 16.2 Å². The van der Waals surface area contributed by atoms with Crippen LogP contribution >= 0.6 is 11.6 Å². The van der Waals surface area contributed by atoms with E-state index in [2.05, 4.69) is 0 Å². The van der Waals surface area contributed by atoms with Gasteiger partial charge in [0, 0.05) is 0 Å². The number of carboxylic acid groups (broad SMARTS) is 1. The molecule has 13 heavy (non-hydrogen) atoms. The maximum Gasteiger partial charge on any atom is 0.339 e. The number of aromatic carboxylic acids is 1. The van der Waals surface area contributed by atoms with Crippen molar-refractivity contribution in [3.05, 3.63) is 28.3 Å². The summed E-state index contributed by atoms with van der Waals surface area (Å²) in [6, 6.07) is 2.98. The van der Waals surface area contributed by atoms with Crippen molar-refractivity contribution in [3.63, 3.8) is 0 Å². The summed E-state index contributed by atoms with van der Waals surface area (Å²) in [6.45, 7) is 1.88. The first-order valence-electron chi connectivity index (χ1n) is 3.81. The molecule has 0 aliphatic heterocycles. The van der Waals surface area contributed by atoms with Crippen LogP contribution < -0.4 is 0 Å². The number of halogens is 1. The van der Waals surface area contributed by atoms with Crippen LogP contribution in [0.2, 0.25) is 5.02 Å². The van der Waals surface area contributed by atoms with E-state index in [0.29, 0.717) is 6.42 Å². The van der Waals surface area contributed by atoms with Crippen molar-refractivity contribution in [3.8, 4) is 5.75 Å². The summed E-state index contributed by atoms with van der Waals surface area (Å²) < 4.78 is 0. The van der Waals surface area contributed by atoms with Gasteiger partial charge in [0.15, 0.2) is 0 Å². The Morgan fingerprint density at radius 3 is 2.62 bits per heavy atom. The first kappa shape index (κ1) is 9.86. The van der Waals surface area contributed by atoms with Crippen molar-refractivity contribution in [2.24, 2.45) is 0 Å². The SMILES string of the molecule is CCc1cc(Cl)c(O)c(C(=O)O)c1. The highest BCUT2D eigenvalue weighted by molar-refractivity contribution is 6.32. The molecule has 0 aliphatic carbocycles. The highest BCUT2D eigenvalue weighted by atomic mass is 35.5. The van der Waals surface area contributed by atoms with Gasteiger partial charge in [0.2, 0.25) is 0 Å². The fourth-order valence-electron chi connectivity index (χ4n) is 1.02. The molecule has 0 amide bonds. The van der Waals surface area contributed by atoms with Crippen molar-refractivity contribution in [1.29, 1.82) is 0 Å². The molecule has 0 fully saturated rings. The number of carboxylic acids is 1. The van der Waals surface area contributed by atoms with Crippen molar-refractivity contribution >= 4 is 17.6 Å². The highest BCUT2D eigenvalue weighted by Gasteiger charge is 2.13. The molecule has 0 aromatic heterocycles. The van der Waals surface area contributed by atoms with Gasteiger partial charge >= 0.3 is 5.97 Å². The lowest BCUT2D eigenvalue weighted by Crippen LogP contribution is -1.98. The zero-order valence-corrected chi connectivity index (χ0v) is 7.80. The zero-order chi connectivity index (χ0) is 10.0. The predicted molar refractivity (Wildman–Crippen MR) is 49.5 cm³/mol. The normalized spacial score (nSPS) is 10.0. The van der Waals surface area contributed by atoms with Gasteiger partial charge in [-0.2, -0.15) is 0 Å². The third-order valence-electron chi connectivity index (χ3n) is 1.76. The van der Waals surface area contributed by atoms with E-state index in [4.69, 9.17) is 16.7 Å². The minimum absolute atomic E-state index is 0.0803. The molecule has 0 spiro atoms. The smallest absolute Gasteiger partial charge is 0.339 e. The van der Waals surface area contributed by atoms with Gasteiger partial charge in [0.25, 0.3) is 0 Å². The van der Waals surface area contributed by atoms with Crippen molar-refractivity contribution in [2.75, 3.05) is 0 Å². The van der Waals surface area contributed by atoms with Crippen LogP contribution in [0.25, 0.3) is 0 Å². The average molecular weight is 201 g/mol. The fraction of sp³-hybridized carbons (Fsp3) is 0.222. The molecular formula is C9H9ClO3. The Bertz CT molecular complexity index is 347. The van der Waals surface area contributed by atoms with E-state index in [-0.39, 0.29) is 16.3 Å². The van der Waals surface area contributed by atoms with E-state index in [0.717, 1.165) is 5.56 Å². The van der Waals surface area contributed by atoms with Crippen LogP contribution in [-0.2, 0) is 6.42 Å². The summed E-state index contributed by atoms with van der Waals surface area (Å²) >= 11 is 5.63. The van der Waals surface area contributed by atoms with Gasteiger partial charge in [0.1, 0.15) is 11.3 Å². The summed E-state index contributed by atoms with van der Waals surface area (Å²) in [5.41, 5.74) is 0.643. The third-order valence-corrected chi connectivity index (χ3v) is 2.05. The van der Waals surface area contributed by atoms with Crippen molar-refractivity contribution in [2.45, 2.75) is 13.3 Å². The second kappa shape index (κ2) is 3.66. The number of carbonyl (C=O) groups is 1. The molecule has 0 atom stereocenters. The third kappa shape index (κ3) is 1.92. The molecule has 0 bridgehead atoms. The average Bonchev–Trinajstić information content (AvgIpc) is 2.09. The Labute approximate surface area is 80.6 Å². The summed E-state index contributed by atoms with van der Waals surface area (Å²) in [7, 11) is 0. The molecule has 1 aromatic carbocycles. The minimum Gasteiger partial charge on any atom is -0.505 e. The second-order valence-corrected chi connectivity index (χ2v) is 3.04. The second-order valence-electron chi connectivity index (χ2n) is 2.63. The predicted octanol–water partition coefficient (Wildman–Crippen LogP) is 2.31. The minimum atomic E-state index is -1.17. The van der Waals surface area contributed by atoms with Crippen molar-refractivity contribution in [1.82, 2.24) is 0 Å². The van der Waals surface area contributed by atoms with Crippen LogP contribution in [0.3, 0.4) is 0 Å². The maximum absolute atomic E-state index is 10.6. The largest absolute Gasteiger partial charge is 0.505 e. The van der Waals surface area contributed by atoms with E-state index < -0.39 is 5.97 Å². The van der Waals surface area contributed by atoms with Gasteiger partial charge < -0.3 is 10.2 Å². The summed E-state index contributed by atoms with van der Waals surface area (Å²) in [6.07, 6.45) is 0.681. The van der Waals surface area contributed by atoms with Gasteiger partial charge in [-0.25, -0.2) is 4.79 Å². The lowest BCUT2D eigenvalue weighted by molar-refractivity contribution is 0.0693. The molecule has 70 valence electrons. The molecule has 1 aromatic rings. The first-order valence-corrected chi connectivity index (χ1v) is 4.18. The topological polar surface area (TPSA) is 57.5 Å². The molecule has 0 radical (unpaired) electrons. The molecule has 0 unspecified atom stereocenters. The molecule has 3 nitrogen and oxygen atoms in total. The molecule has 0 saturated heterocycles. The first-order chi connectivity index (χ1) is 6.06. The Hall–Kier alpha value is -1.22. The zero-order valence-electron chi connectivity index (χ0n) is 7.04. The number of phenols is 1. The molecule has 1 rings (SSSR count). The van der Waals surface area contributed by atoms with E-state index in [1.165, 1.54) is 6.07 Å². The number of hydrogen-bond acceptors (Lipinski definition) is 2. The molecule has 2 N–H and O–H groups in total. The summed E-state index contributed by atoms with van der Waals surface area (Å²) in [5, 5.41) is 18.0. The molecule has 0 aliphatic rings. The van der Waals surface area contributed by atoms with Crippen LogP contribution in [0.5, 0.6) is 5.75 Å². The van der Waals surface area contributed by atoms with Gasteiger partial charge in [-0.3, -0.25) is 0 Å². The number of aryl methyl sites for hydroxylation is 1.